The monoisotopic (exact) mass is 591 g/mol. The molecule has 0 radical (unpaired) electrons. The zero-order valence-corrected chi connectivity index (χ0v) is 25.3. The van der Waals surface area contributed by atoms with Gasteiger partial charge in [0.2, 0.25) is 5.91 Å². The lowest BCUT2D eigenvalue weighted by molar-refractivity contribution is -0.140. The van der Waals surface area contributed by atoms with Gasteiger partial charge in [0.15, 0.2) is 0 Å². The van der Waals surface area contributed by atoms with E-state index in [-0.39, 0.29) is 24.5 Å². The van der Waals surface area contributed by atoms with Crippen LogP contribution in [0.15, 0.2) is 72.8 Å². The molecule has 10 nitrogen and oxygen atoms in total. The van der Waals surface area contributed by atoms with E-state index >= 15 is 0 Å². The van der Waals surface area contributed by atoms with Crippen molar-refractivity contribution in [1.82, 2.24) is 10.2 Å². The minimum Gasteiger partial charge on any atom is -0.508 e. The number of nitrogens with one attached hydrogen (secondary N) is 2. The third-order valence-corrected chi connectivity index (χ3v) is 6.53. The quantitative estimate of drug-likeness (QED) is 0.217. The molecule has 0 aliphatic heterocycles. The molecule has 230 valence electrons. The number of alkyl carbamates (subject to hydrolysis) is 1. The van der Waals surface area contributed by atoms with E-state index in [0.29, 0.717) is 29.0 Å². The van der Waals surface area contributed by atoms with Crippen molar-refractivity contribution < 1.29 is 34.1 Å². The van der Waals surface area contributed by atoms with E-state index in [4.69, 9.17) is 9.47 Å². The Kier molecular flexibility index (Phi) is 11.4. The summed E-state index contributed by atoms with van der Waals surface area (Å²) < 4.78 is 10.7. The van der Waals surface area contributed by atoms with Gasteiger partial charge in [0.05, 0.1) is 7.11 Å². The molecule has 2 unspecified atom stereocenters. The lowest BCUT2D eigenvalue weighted by atomic mass is 9.99. The van der Waals surface area contributed by atoms with E-state index in [1.807, 2.05) is 6.92 Å². The third kappa shape index (κ3) is 9.95. The van der Waals surface area contributed by atoms with Gasteiger partial charge >= 0.3 is 6.09 Å². The highest BCUT2D eigenvalue weighted by molar-refractivity contribution is 5.99. The summed E-state index contributed by atoms with van der Waals surface area (Å²) in [5.41, 5.74) is 0.871. The Bertz CT molecular complexity index is 1350. The smallest absolute Gasteiger partial charge is 0.408 e. The van der Waals surface area contributed by atoms with Crippen LogP contribution in [0.1, 0.15) is 57.7 Å². The summed E-state index contributed by atoms with van der Waals surface area (Å²) in [5.74, 6) is -0.255. The Morgan fingerprint density at radius 2 is 1.47 bits per heavy atom. The van der Waals surface area contributed by atoms with Crippen molar-refractivity contribution in [3.05, 3.63) is 83.9 Å². The van der Waals surface area contributed by atoms with Crippen molar-refractivity contribution in [1.29, 1.82) is 0 Å². The van der Waals surface area contributed by atoms with Crippen LogP contribution in [0.25, 0.3) is 0 Å². The number of aromatic hydroxyl groups is 2. The number of ether oxygens (including phenoxy) is 2. The first-order chi connectivity index (χ1) is 20.4. The molecule has 0 saturated carbocycles. The van der Waals surface area contributed by atoms with Gasteiger partial charge in [-0.2, -0.15) is 0 Å². The van der Waals surface area contributed by atoms with Crippen molar-refractivity contribution in [2.24, 2.45) is 0 Å². The molecule has 3 amide bonds. The molecular weight excluding hydrogens is 550 g/mol. The zero-order chi connectivity index (χ0) is 31.6. The van der Waals surface area contributed by atoms with Crippen molar-refractivity contribution in [2.75, 3.05) is 19.0 Å². The first kappa shape index (κ1) is 32.8. The molecule has 3 rings (SSSR count). The second-order valence-corrected chi connectivity index (χ2v) is 11.2. The summed E-state index contributed by atoms with van der Waals surface area (Å²) in [7, 11) is 1.55. The first-order valence-electron chi connectivity index (χ1n) is 14.2. The largest absolute Gasteiger partial charge is 0.508 e. The van der Waals surface area contributed by atoms with E-state index in [1.165, 1.54) is 29.2 Å². The molecule has 0 aliphatic rings. The molecule has 0 heterocycles. The number of carbonyl (C=O) groups is 3. The zero-order valence-electron chi connectivity index (χ0n) is 25.3. The van der Waals surface area contributed by atoms with Crippen LogP contribution in [0.4, 0.5) is 10.5 Å². The number of rotatable bonds is 12. The van der Waals surface area contributed by atoms with Crippen LogP contribution in [0.2, 0.25) is 0 Å². The van der Waals surface area contributed by atoms with Crippen LogP contribution in [0.3, 0.4) is 0 Å². The number of unbranched alkanes of at least 4 members (excludes halogenated alkanes) is 1. The average molecular weight is 592 g/mol. The van der Waals surface area contributed by atoms with Crippen molar-refractivity contribution in [2.45, 2.75) is 64.6 Å². The standard InChI is InChI=1S/C33H41N3O7/c1-6-7-20-36(31(40)28(35-32(41)43-33(2,3)4)21-22-8-14-25(37)15-9-22)29(23-10-16-26(38)17-11-23)30(39)34-24-12-18-27(42-5)19-13-24/h8-19,28-29,37-38H,6-7,20-21H2,1-5H3,(H,34,39)(H,35,41). The number of hydrogen-bond donors (Lipinski definition) is 4. The minimum absolute atomic E-state index is 0.0151. The molecule has 0 fully saturated rings. The van der Waals surface area contributed by atoms with Crippen molar-refractivity contribution in [3.63, 3.8) is 0 Å². The third-order valence-electron chi connectivity index (χ3n) is 6.53. The molecule has 0 saturated heterocycles. The molecule has 2 atom stereocenters. The second-order valence-electron chi connectivity index (χ2n) is 11.2. The number of carbonyl (C=O) groups excluding carboxylic acids is 3. The number of phenolic OH excluding ortho intramolecular Hbond substituents is 2. The van der Waals surface area contributed by atoms with Crippen LogP contribution in [-0.4, -0.2) is 58.3 Å². The van der Waals surface area contributed by atoms with Crippen LogP contribution in [-0.2, 0) is 20.7 Å². The number of amides is 3. The molecule has 10 heteroatoms. The SMILES string of the molecule is CCCCN(C(=O)C(Cc1ccc(O)cc1)NC(=O)OC(C)(C)C)C(C(=O)Nc1ccc(OC)cc1)c1ccc(O)cc1. The normalized spacial score (nSPS) is 12.5. The fourth-order valence-corrected chi connectivity index (χ4v) is 4.43. The highest BCUT2D eigenvalue weighted by Crippen LogP contribution is 2.28. The van der Waals surface area contributed by atoms with Gasteiger partial charge in [-0.1, -0.05) is 37.6 Å². The fourth-order valence-electron chi connectivity index (χ4n) is 4.43. The Hall–Kier alpha value is -4.73. The van der Waals surface area contributed by atoms with Gasteiger partial charge in [0, 0.05) is 18.7 Å². The van der Waals surface area contributed by atoms with Crippen LogP contribution in [0, 0.1) is 0 Å². The molecule has 4 N–H and O–H groups in total. The lowest BCUT2D eigenvalue weighted by Gasteiger charge is -2.34. The molecule has 43 heavy (non-hydrogen) atoms. The predicted octanol–water partition coefficient (Wildman–Crippen LogP) is 5.55. The molecule has 3 aromatic carbocycles. The summed E-state index contributed by atoms with van der Waals surface area (Å²) in [6.45, 7) is 7.37. The molecule has 3 aromatic rings. The number of phenols is 2. The van der Waals surface area contributed by atoms with E-state index in [0.717, 1.165) is 6.42 Å². The molecule has 0 bridgehead atoms. The number of hydrogen-bond acceptors (Lipinski definition) is 7. The maximum atomic E-state index is 14.4. The lowest BCUT2D eigenvalue weighted by Crippen LogP contribution is -2.53. The highest BCUT2D eigenvalue weighted by atomic mass is 16.6. The molecule has 0 aromatic heterocycles. The Morgan fingerprint density at radius 1 is 0.884 bits per heavy atom. The van der Waals surface area contributed by atoms with Gasteiger partial charge in [-0.25, -0.2) is 4.79 Å². The number of benzene rings is 3. The molecule has 0 aliphatic carbocycles. The van der Waals surface area contributed by atoms with Crippen LogP contribution in [0.5, 0.6) is 17.2 Å². The van der Waals surface area contributed by atoms with Gasteiger partial charge in [0.25, 0.3) is 5.91 Å². The second kappa shape index (κ2) is 14.9. The topological polar surface area (TPSA) is 137 Å². The van der Waals surface area contributed by atoms with E-state index in [9.17, 15) is 24.6 Å². The number of nitrogens with zero attached hydrogens (tertiary/aromatic N) is 1. The number of anilines is 1. The van der Waals surface area contributed by atoms with Gasteiger partial charge < -0.3 is 35.2 Å². The Balaban J connectivity index is 2.04. The van der Waals surface area contributed by atoms with Gasteiger partial charge in [-0.05, 0) is 86.8 Å². The van der Waals surface area contributed by atoms with Crippen molar-refractivity contribution >= 4 is 23.6 Å². The van der Waals surface area contributed by atoms with Crippen LogP contribution < -0.4 is 15.4 Å². The van der Waals surface area contributed by atoms with Gasteiger partial charge in [-0.3, -0.25) is 9.59 Å². The number of methoxy groups -OCH3 is 1. The maximum Gasteiger partial charge on any atom is 0.408 e. The van der Waals surface area contributed by atoms with Crippen LogP contribution >= 0.6 is 0 Å². The first-order valence-corrected chi connectivity index (χ1v) is 14.2. The molecular formula is C33H41N3O7. The van der Waals surface area contributed by atoms with E-state index < -0.39 is 35.6 Å². The summed E-state index contributed by atoms with van der Waals surface area (Å²) >= 11 is 0. The summed E-state index contributed by atoms with van der Waals surface area (Å²) in [6.07, 6.45) is 0.649. The molecule has 0 spiro atoms. The van der Waals surface area contributed by atoms with Crippen molar-refractivity contribution in [3.8, 4) is 17.2 Å². The Labute approximate surface area is 252 Å². The predicted molar refractivity (Wildman–Crippen MR) is 164 cm³/mol. The summed E-state index contributed by atoms with van der Waals surface area (Å²) in [4.78, 5) is 42.7. The maximum absolute atomic E-state index is 14.4. The van der Waals surface area contributed by atoms with E-state index in [1.54, 1.807) is 76.4 Å². The fraction of sp³-hybridized carbons (Fsp3) is 0.364. The van der Waals surface area contributed by atoms with Gasteiger partial charge in [0.1, 0.15) is 34.9 Å². The summed E-state index contributed by atoms with van der Waals surface area (Å²) in [5, 5.41) is 25.3. The van der Waals surface area contributed by atoms with Gasteiger partial charge in [-0.15, -0.1) is 0 Å². The minimum atomic E-state index is -1.09. The average Bonchev–Trinajstić information content (AvgIpc) is 2.95. The Morgan fingerprint density at radius 3 is 2.00 bits per heavy atom. The summed E-state index contributed by atoms with van der Waals surface area (Å²) in [6, 6.07) is 17.1. The van der Waals surface area contributed by atoms with E-state index in [2.05, 4.69) is 10.6 Å². The highest BCUT2D eigenvalue weighted by Gasteiger charge is 2.36.